The number of rotatable bonds is 5. The molecule has 5 rings (SSSR count). The highest BCUT2D eigenvalue weighted by molar-refractivity contribution is 6.50. The van der Waals surface area contributed by atoms with Crippen LogP contribution in [0.4, 0.5) is 17.3 Å². The number of halogens is 4. The molecule has 0 spiro atoms. The first kappa shape index (κ1) is 26.6. The topological polar surface area (TPSA) is 3.88 Å². The Kier molecular flexibility index (Phi) is 8.54. The van der Waals surface area contributed by atoms with Crippen LogP contribution in [0.25, 0.3) is 40.2 Å². The average molecular weight is 511 g/mol. The number of hydrogen-bond donors (Lipinski definition) is 0. The van der Waals surface area contributed by atoms with E-state index >= 15 is 0 Å². The second-order valence-electron chi connectivity index (χ2n) is 8.70. The van der Waals surface area contributed by atoms with Gasteiger partial charge in [-0.25, -0.2) is 0 Å². The average Bonchev–Trinajstić information content (AvgIpc) is 2.93. The van der Waals surface area contributed by atoms with E-state index in [1.807, 2.05) is 6.07 Å². The molecule has 0 amide bonds. The summed E-state index contributed by atoms with van der Waals surface area (Å²) in [5, 5.41) is 0. The number of nitrogens with zero attached hydrogens (tertiary/aromatic N) is 1. The molecule has 1 aromatic heterocycles. The summed E-state index contributed by atoms with van der Waals surface area (Å²) in [6, 6.07) is 45.0. The third-order valence-electron chi connectivity index (χ3n) is 5.81. The van der Waals surface area contributed by atoms with Gasteiger partial charge >= 0.3 is 7.25 Å². The van der Waals surface area contributed by atoms with Gasteiger partial charge in [-0.15, -0.1) is 0 Å². The van der Waals surface area contributed by atoms with Gasteiger partial charge in [0.15, 0.2) is 0 Å². The second-order valence-corrected chi connectivity index (χ2v) is 8.70. The molecule has 6 heteroatoms. The highest BCUT2D eigenvalue weighted by Gasteiger charge is 2.22. The molecule has 4 aromatic carbocycles. The maximum atomic E-state index is 9.75. The Morgan fingerprint density at radius 2 is 1.05 bits per heavy atom. The SMILES string of the molecule is Cc1ccc(-[n+]2c(/C=C/c3ccccc3)cc(-c3ccccc3)cc2-c2ccccc2)cc1.F[B-](F)(F)F. The fourth-order valence-corrected chi connectivity index (χ4v) is 4.09. The van der Waals surface area contributed by atoms with Gasteiger partial charge in [-0.2, -0.15) is 4.57 Å². The van der Waals surface area contributed by atoms with Crippen molar-refractivity contribution in [3.05, 3.63) is 144 Å². The zero-order valence-corrected chi connectivity index (χ0v) is 20.8. The minimum absolute atomic E-state index is 1.13. The molecule has 190 valence electrons. The molecule has 0 aliphatic heterocycles. The second kappa shape index (κ2) is 12.2. The third kappa shape index (κ3) is 7.53. The van der Waals surface area contributed by atoms with E-state index < -0.39 is 7.25 Å². The van der Waals surface area contributed by atoms with Crippen LogP contribution in [0.3, 0.4) is 0 Å². The van der Waals surface area contributed by atoms with Gasteiger partial charge < -0.3 is 17.3 Å². The van der Waals surface area contributed by atoms with E-state index in [9.17, 15) is 17.3 Å². The highest BCUT2D eigenvalue weighted by atomic mass is 19.5. The Morgan fingerprint density at radius 3 is 1.61 bits per heavy atom. The molecular weight excluding hydrogens is 485 g/mol. The summed E-state index contributed by atoms with van der Waals surface area (Å²) in [5.41, 5.74) is 9.46. The van der Waals surface area contributed by atoms with E-state index in [0.717, 1.165) is 17.1 Å². The fourth-order valence-electron chi connectivity index (χ4n) is 4.09. The van der Waals surface area contributed by atoms with Gasteiger partial charge in [0.05, 0.1) is 0 Å². The summed E-state index contributed by atoms with van der Waals surface area (Å²) < 4.78 is 41.3. The largest absolute Gasteiger partial charge is 0.673 e. The first-order valence-electron chi connectivity index (χ1n) is 12.2. The molecule has 0 fully saturated rings. The van der Waals surface area contributed by atoms with Crippen molar-refractivity contribution in [3.63, 3.8) is 0 Å². The van der Waals surface area contributed by atoms with Crippen molar-refractivity contribution < 1.29 is 21.8 Å². The molecule has 1 nitrogen and oxygen atoms in total. The molecular formula is C32H26BF4N. The molecule has 0 N–H and O–H groups in total. The van der Waals surface area contributed by atoms with Crippen LogP contribution in [-0.2, 0) is 0 Å². The first-order chi connectivity index (χ1) is 18.3. The monoisotopic (exact) mass is 511 g/mol. The Balaban J connectivity index is 0.000000617. The van der Waals surface area contributed by atoms with Gasteiger partial charge in [0.2, 0.25) is 17.1 Å². The van der Waals surface area contributed by atoms with Gasteiger partial charge in [0, 0.05) is 35.9 Å². The summed E-state index contributed by atoms with van der Waals surface area (Å²) >= 11 is 0. The van der Waals surface area contributed by atoms with E-state index in [0.29, 0.717) is 0 Å². The van der Waals surface area contributed by atoms with Crippen molar-refractivity contribution in [3.8, 4) is 28.1 Å². The van der Waals surface area contributed by atoms with Crippen LogP contribution >= 0.6 is 0 Å². The minimum Gasteiger partial charge on any atom is -0.418 e. The molecule has 38 heavy (non-hydrogen) atoms. The lowest BCUT2D eigenvalue weighted by molar-refractivity contribution is -0.585. The van der Waals surface area contributed by atoms with E-state index in [1.165, 1.54) is 27.8 Å². The lowest BCUT2D eigenvalue weighted by Gasteiger charge is -2.11. The number of hydrogen-bond acceptors (Lipinski definition) is 0. The number of pyridine rings is 1. The van der Waals surface area contributed by atoms with Gasteiger partial charge in [0.25, 0.3) is 0 Å². The van der Waals surface area contributed by atoms with Crippen LogP contribution in [0.15, 0.2) is 127 Å². The van der Waals surface area contributed by atoms with E-state index in [1.54, 1.807) is 0 Å². The van der Waals surface area contributed by atoms with Gasteiger partial charge in [0.1, 0.15) is 0 Å². The molecule has 0 unspecified atom stereocenters. The van der Waals surface area contributed by atoms with E-state index in [2.05, 4.69) is 145 Å². The quantitative estimate of drug-likeness (QED) is 0.126. The Labute approximate surface area is 220 Å². The minimum atomic E-state index is -6.00. The Hall–Kier alpha value is -4.45. The first-order valence-corrected chi connectivity index (χ1v) is 12.2. The van der Waals surface area contributed by atoms with Crippen molar-refractivity contribution in [2.24, 2.45) is 0 Å². The maximum Gasteiger partial charge on any atom is 0.673 e. The summed E-state index contributed by atoms with van der Waals surface area (Å²) in [7, 11) is -6.00. The third-order valence-corrected chi connectivity index (χ3v) is 5.81. The lowest BCUT2D eigenvalue weighted by Crippen LogP contribution is -2.37. The summed E-state index contributed by atoms with van der Waals surface area (Å²) in [5.74, 6) is 0. The molecule has 0 saturated heterocycles. The number of benzene rings is 4. The maximum absolute atomic E-state index is 9.75. The van der Waals surface area contributed by atoms with Crippen molar-refractivity contribution in [2.45, 2.75) is 6.92 Å². The molecule has 0 bridgehead atoms. The smallest absolute Gasteiger partial charge is 0.418 e. The Bertz CT molecular complexity index is 1480. The van der Waals surface area contributed by atoms with Crippen LogP contribution in [0.1, 0.15) is 16.8 Å². The van der Waals surface area contributed by atoms with Crippen molar-refractivity contribution >= 4 is 19.4 Å². The summed E-state index contributed by atoms with van der Waals surface area (Å²) in [4.78, 5) is 0. The normalized spacial score (nSPS) is 11.2. The van der Waals surface area contributed by atoms with Gasteiger partial charge in [-0.1, -0.05) is 96.6 Å². The van der Waals surface area contributed by atoms with Crippen LogP contribution in [0.5, 0.6) is 0 Å². The molecule has 0 atom stereocenters. The molecule has 0 radical (unpaired) electrons. The molecule has 0 aliphatic rings. The van der Waals surface area contributed by atoms with Crippen molar-refractivity contribution in [2.75, 3.05) is 0 Å². The van der Waals surface area contributed by atoms with E-state index in [-0.39, 0.29) is 0 Å². The summed E-state index contributed by atoms with van der Waals surface area (Å²) in [6.45, 7) is 2.13. The summed E-state index contributed by atoms with van der Waals surface area (Å²) in [6.07, 6.45) is 4.40. The van der Waals surface area contributed by atoms with Crippen LogP contribution in [0, 0.1) is 6.92 Å². The predicted octanol–water partition coefficient (Wildman–Crippen LogP) is 9.08. The van der Waals surface area contributed by atoms with Crippen molar-refractivity contribution in [1.29, 1.82) is 0 Å². The molecule has 5 aromatic rings. The highest BCUT2D eigenvalue weighted by Crippen LogP contribution is 2.27. The standard InChI is InChI=1S/C32H26N.BF4/c1-25-17-20-30(21-18-25)33-31(22-19-26-11-5-2-6-12-26)23-29(27-13-7-3-8-14-27)24-32(33)28-15-9-4-10-16-28;2-1(3,4)5/h2-24H,1H3;/q+1;-1/b22-19+;. The lowest BCUT2D eigenvalue weighted by atomic mass is 10.0. The van der Waals surface area contributed by atoms with Gasteiger partial charge in [-0.05, 0) is 41.8 Å². The van der Waals surface area contributed by atoms with Crippen molar-refractivity contribution in [1.82, 2.24) is 0 Å². The molecule has 1 heterocycles. The van der Waals surface area contributed by atoms with Crippen LogP contribution < -0.4 is 4.57 Å². The zero-order chi connectivity index (χ0) is 27.0. The van der Waals surface area contributed by atoms with Crippen LogP contribution in [-0.4, -0.2) is 7.25 Å². The number of aryl methyl sites for hydroxylation is 1. The fraction of sp³-hybridized carbons (Fsp3) is 0.0312. The van der Waals surface area contributed by atoms with E-state index in [4.69, 9.17) is 0 Å². The Morgan fingerprint density at radius 1 is 0.553 bits per heavy atom. The van der Waals surface area contributed by atoms with Crippen LogP contribution in [0.2, 0.25) is 0 Å². The van der Waals surface area contributed by atoms with Gasteiger partial charge in [-0.3, -0.25) is 0 Å². The predicted molar refractivity (Wildman–Crippen MR) is 149 cm³/mol. The zero-order valence-electron chi connectivity index (χ0n) is 20.8. The molecule has 0 aliphatic carbocycles. The molecule has 0 saturated carbocycles. The number of aromatic nitrogens is 1.